The summed E-state index contributed by atoms with van der Waals surface area (Å²) in [5.74, 6) is -5.06. The lowest BCUT2D eigenvalue weighted by atomic mass is 9.68. The predicted molar refractivity (Wildman–Crippen MR) is 166 cm³/mol. The molecule has 10 nitrogen and oxygen atoms in total. The molecule has 6 N–H and O–H groups in total. The van der Waals surface area contributed by atoms with Crippen molar-refractivity contribution in [2.45, 2.75) is 84.1 Å². The number of fused-ring (bicyclic) bond motifs is 2. The van der Waals surface area contributed by atoms with E-state index in [-0.39, 0.29) is 48.1 Å². The summed E-state index contributed by atoms with van der Waals surface area (Å²) in [6.45, 7) is 1.53. The molecule has 1 aromatic carbocycles. The molecule has 3 aliphatic carbocycles. The number of rotatable bonds is 10. The van der Waals surface area contributed by atoms with Gasteiger partial charge < -0.3 is 26.4 Å². The number of aromatic nitrogens is 1. The SMILES string of the molecule is CC/C(O)=C(/C(N)=O)C(=O)C1CCC2Cc3c(CCC4CCCCC4)cc(CNC(=O)c4cccnc4)c(O)c3C(=O)C2=C1O. The van der Waals surface area contributed by atoms with Crippen LogP contribution in [0.1, 0.15) is 102 Å². The van der Waals surface area contributed by atoms with Crippen molar-refractivity contribution in [3.8, 4) is 5.75 Å². The van der Waals surface area contributed by atoms with Crippen molar-refractivity contribution in [3.05, 3.63) is 81.1 Å². The van der Waals surface area contributed by atoms with Crippen molar-refractivity contribution in [2.75, 3.05) is 0 Å². The second kappa shape index (κ2) is 13.7. The summed E-state index contributed by atoms with van der Waals surface area (Å²) in [5, 5.41) is 35.9. The minimum atomic E-state index is -1.21. The highest BCUT2D eigenvalue weighted by atomic mass is 16.3. The molecule has 0 radical (unpaired) electrons. The van der Waals surface area contributed by atoms with Crippen LogP contribution in [0.3, 0.4) is 0 Å². The summed E-state index contributed by atoms with van der Waals surface area (Å²) >= 11 is 0. The number of phenolic OH excluding ortho intramolecular Hbond substituents is 1. The third kappa shape index (κ3) is 6.50. The molecule has 3 aliphatic rings. The van der Waals surface area contributed by atoms with Gasteiger partial charge in [0.2, 0.25) is 0 Å². The molecular formula is C35H41N3O7. The van der Waals surface area contributed by atoms with E-state index < -0.39 is 40.5 Å². The van der Waals surface area contributed by atoms with E-state index in [1.54, 1.807) is 25.3 Å². The summed E-state index contributed by atoms with van der Waals surface area (Å²) < 4.78 is 0. The monoisotopic (exact) mass is 615 g/mol. The number of allylic oxidation sites excluding steroid dienone is 3. The van der Waals surface area contributed by atoms with Crippen LogP contribution < -0.4 is 11.1 Å². The molecular weight excluding hydrogens is 574 g/mol. The number of carbonyl (C=O) groups is 4. The summed E-state index contributed by atoms with van der Waals surface area (Å²) in [4.78, 5) is 56.3. The first-order chi connectivity index (χ1) is 21.6. The van der Waals surface area contributed by atoms with E-state index in [0.717, 1.165) is 17.5 Å². The number of aryl methyl sites for hydroxylation is 1. The van der Waals surface area contributed by atoms with Crippen LogP contribution in [0.4, 0.5) is 0 Å². The number of aliphatic hydroxyl groups is 2. The van der Waals surface area contributed by atoms with Crippen LogP contribution in [0.25, 0.3) is 0 Å². The molecule has 0 spiro atoms. The molecule has 0 bridgehead atoms. The highest BCUT2D eigenvalue weighted by Gasteiger charge is 2.44. The second-order valence-electron chi connectivity index (χ2n) is 12.4. The molecule has 238 valence electrons. The lowest BCUT2D eigenvalue weighted by molar-refractivity contribution is -0.123. The molecule has 10 heteroatoms. The van der Waals surface area contributed by atoms with Crippen LogP contribution in [0.5, 0.6) is 5.75 Å². The Morgan fingerprint density at radius 3 is 2.49 bits per heavy atom. The van der Waals surface area contributed by atoms with Crippen LogP contribution in [-0.4, -0.2) is 43.7 Å². The van der Waals surface area contributed by atoms with Crippen molar-refractivity contribution in [2.24, 2.45) is 23.5 Å². The largest absolute Gasteiger partial charge is 0.511 e. The van der Waals surface area contributed by atoms with Gasteiger partial charge in [-0.1, -0.05) is 45.1 Å². The standard InChI is InChI=1S/C35H41N3O7/c1-2-26(39)29(34(36)44)32(42)24-13-12-21-16-25-20(11-10-19-7-4-3-5-8-19)15-23(18-38-35(45)22-9-6-14-37-17-22)30(40)28(25)33(43)27(21)31(24)41/h6,9,14-15,17,19,21,24,39-41H,2-5,7-8,10-13,16,18H2,1H3,(H2,36,44)(H,38,45)/b29-26-. The number of primary amides is 1. The first-order valence-corrected chi connectivity index (χ1v) is 15.9. The highest BCUT2D eigenvalue weighted by molar-refractivity contribution is 6.21. The number of benzene rings is 1. The Balaban J connectivity index is 1.52. The number of hydrogen-bond acceptors (Lipinski definition) is 8. The van der Waals surface area contributed by atoms with Crippen LogP contribution >= 0.6 is 0 Å². The number of aromatic hydroxyl groups is 1. The topological polar surface area (TPSA) is 180 Å². The van der Waals surface area contributed by atoms with Gasteiger partial charge in [0, 0.05) is 36.5 Å². The smallest absolute Gasteiger partial charge is 0.255 e. The Bertz CT molecular complexity index is 1570. The molecule has 2 amide bonds. The van der Waals surface area contributed by atoms with Gasteiger partial charge >= 0.3 is 0 Å². The van der Waals surface area contributed by atoms with Gasteiger partial charge in [-0.3, -0.25) is 24.2 Å². The molecule has 1 saturated carbocycles. The fourth-order valence-corrected chi connectivity index (χ4v) is 7.22. The van der Waals surface area contributed by atoms with Gasteiger partial charge in [0.15, 0.2) is 11.6 Å². The summed E-state index contributed by atoms with van der Waals surface area (Å²) in [6, 6.07) is 5.16. The van der Waals surface area contributed by atoms with Crippen molar-refractivity contribution < 1.29 is 34.5 Å². The first-order valence-electron chi connectivity index (χ1n) is 15.9. The van der Waals surface area contributed by atoms with E-state index in [9.17, 15) is 34.5 Å². The number of nitrogens with one attached hydrogen (secondary N) is 1. The van der Waals surface area contributed by atoms with Crippen molar-refractivity contribution in [1.82, 2.24) is 10.3 Å². The number of carbonyl (C=O) groups excluding carboxylic acids is 4. The zero-order valence-electron chi connectivity index (χ0n) is 25.6. The lowest BCUT2D eigenvalue weighted by Crippen LogP contribution is -2.36. The van der Waals surface area contributed by atoms with Gasteiger partial charge in [-0.05, 0) is 67.2 Å². The van der Waals surface area contributed by atoms with Gasteiger partial charge in [-0.15, -0.1) is 0 Å². The van der Waals surface area contributed by atoms with Crippen molar-refractivity contribution >= 4 is 23.4 Å². The molecule has 5 rings (SSSR count). The Hall–Kier alpha value is -4.47. The van der Waals surface area contributed by atoms with E-state index >= 15 is 0 Å². The van der Waals surface area contributed by atoms with Crippen LogP contribution in [0, 0.1) is 17.8 Å². The van der Waals surface area contributed by atoms with Gasteiger partial charge in [0.1, 0.15) is 22.8 Å². The number of Topliss-reactive ketones (excluding diaryl/α,β-unsaturated/α-hetero) is 2. The third-order valence-electron chi connectivity index (χ3n) is 9.66. The number of amides is 2. The molecule has 2 atom stereocenters. The maximum absolute atomic E-state index is 14.2. The van der Waals surface area contributed by atoms with E-state index in [4.69, 9.17) is 5.73 Å². The fraction of sp³-hybridized carbons (Fsp3) is 0.457. The number of pyridine rings is 1. The zero-order valence-corrected chi connectivity index (χ0v) is 25.6. The quantitative estimate of drug-likeness (QED) is 0.106. The van der Waals surface area contributed by atoms with Crippen LogP contribution in [-0.2, 0) is 29.0 Å². The molecule has 2 unspecified atom stereocenters. The van der Waals surface area contributed by atoms with Crippen LogP contribution in [0.15, 0.2) is 53.3 Å². The molecule has 1 aromatic heterocycles. The summed E-state index contributed by atoms with van der Waals surface area (Å²) in [5.41, 5.74) is 7.37. The van der Waals surface area contributed by atoms with E-state index in [2.05, 4.69) is 10.3 Å². The molecule has 0 aliphatic heterocycles. The van der Waals surface area contributed by atoms with Gasteiger partial charge in [-0.25, -0.2) is 0 Å². The van der Waals surface area contributed by atoms with Gasteiger partial charge in [-0.2, -0.15) is 0 Å². The zero-order chi connectivity index (χ0) is 32.2. The number of nitrogens with two attached hydrogens (primary N) is 1. The normalized spacial score (nSPS) is 20.6. The summed E-state index contributed by atoms with van der Waals surface area (Å²) in [7, 11) is 0. The fourth-order valence-electron chi connectivity index (χ4n) is 7.22. The number of ketones is 2. The van der Waals surface area contributed by atoms with Gasteiger partial charge in [0.05, 0.1) is 17.0 Å². The van der Waals surface area contributed by atoms with Gasteiger partial charge in [0.25, 0.3) is 11.8 Å². The molecule has 45 heavy (non-hydrogen) atoms. The maximum Gasteiger partial charge on any atom is 0.255 e. The predicted octanol–water partition coefficient (Wildman–Crippen LogP) is 5.08. The van der Waals surface area contributed by atoms with E-state index in [0.29, 0.717) is 36.3 Å². The Morgan fingerprint density at radius 1 is 1.07 bits per heavy atom. The van der Waals surface area contributed by atoms with Crippen LogP contribution in [0.2, 0.25) is 0 Å². The van der Waals surface area contributed by atoms with E-state index in [1.807, 2.05) is 6.07 Å². The van der Waals surface area contributed by atoms with E-state index in [1.165, 1.54) is 38.3 Å². The molecule has 1 fully saturated rings. The number of hydrogen-bond donors (Lipinski definition) is 5. The van der Waals surface area contributed by atoms with Crippen molar-refractivity contribution in [1.29, 1.82) is 0 Å². The van der Waals surface area contributed by atoms with Crippen molar-refractivity contribution in [3.63, 3.8) is 0 Å². The first kappa shape index (κ1) is 31.9. The number of phenols is 1. The second-order valence-corrected chi connectivity index (χ2v) is 12.4. The third-order valence-corrected chi connectivity index (χ3v) is 9.66. The minimum absolute atomic E-state index is 0.000599. The Labute approximate surface area is 262 Å². The lowest BCUT2D eigenvalue weighted by Gasteiger charge is -2.35. The molecule has 0 saturated heterocycles. The maximum atomic E-state index is 14.2. The molecule has 2 aromatic rings. The Kier molecular flexibility index (Phi) is 9.70. The number of aliphatic hydroxyl groups excluding tert-OH is 2. The highest BCUT2D eigenvalue weighted by Crippen LogP contribution is 2.46. The average Bonchev–Trinajstić information content (AvgIpc) is 3.04. The average molecular weight is 616 g/mol. The number of nitrogens with zero attached hydrogens (tertiary/aromatic N) is 1. The summed E-state index contributed by atoms with van der Waals surface area (Å²) in [6.07, 6.45) is 11.6. The minimum Gasteiger partial charge on any atom is -0.511 e. The molecule has 1 heterocycles. The Morgan fingerprint density at radius 2 is 1.82 bits per heavy atom.